The van der Waals surface area contributed by atoms with Gasteiger partial charge in [-0.1, -0.05) is 126 Å². The Morgan fingerprint density at radius 2 is 1.46 bits per heavy atom. The average molecular weight is 548 g/mol. The number of hydrogen-bond acceptors (Lipinski definition) is 3. The lowest BCUT2D eigenvalue weighted by Gasteiger charge is -2.28. The third kappa shape index (κ3) is 7.53. The molecule has 4 nitrogen and oxygen atoms in total. The summed E-state index contributed by atoms with van der Waals surface area (Å²) in [5.74, 6) is -0.959. The second-order valence-electron chi connectivity index (χ2n) is 12.6. The minimum atomic E-state index is -0.959. The Balaban J connectivity index is 1.79. The van der Waals surface area contributed by atoms with Crippen molar-refractivity contribution in [3.8, 4) is 11.1 Å². The second-order valence-corrected chi connectivity index (χ2v) is 12.6. The van der Waals surface area contributed by atoms with Crippen molar-refractivity contribution in [2.45, 2.75) is 65.0 Å². The van der Waals surface area contributed by atoms with E-state index in [2.05, 4.69) is 108 Å². The molecule has 0 saturated heterocycles. The molecule has 4 rings (SSSR count). The van der Waals surface area contributed by atoms with Crippen LogP contribution >= 0.6 is 0 Å². The third-order valence-electron chi connectivity index (χ3n) is 7.31. The maximum atomic E-state index is 11.3. The number of benzene rings is 4. The van der Waals surface area contributed by atoms with Crippen LogP contribution < -0.4 is 5.32 Å². The molecule has 0 radical (unpaired) electrons. The van der Waals surface area contributed by atoms with E-state index < -0.39 is 12.1 Å². The predicted molar refractivity (Wildman–Crippen MR) is 170 cm³/mol. The molecule has 0 saturated carbocycles. The fourth-order valence-corrected chi connectivity index (χ4v) is 4.83. The summed E-state index contributed by atoms with van der Waals surface area (Å²) in [6.07, 6.45) is 2.74. The highest BCUT2D eigenvalue weighted by atomic mass is 16.4. The van der Waals surface area contributed by atoms with Crippen LogP contribution in [0.25, 0.3) is 17.2 Å². The number of carbonyl (C=O) groups is 1. The zero-order valence-corrected chi connectivity index (χ0v) is 24.9. The maximum absolute atomic E-state index is 11.3. The lowest BCUT2D eigenvalue weighted by molar-refractivity contribution is 0.0697. The molecule has 4 aromatic carbocycles. The standard InChI is InChI=1S/C37H41NO3/c1-36(2,3)30-19-17-27(18-20-30)31-22-29(33(39)21-14-25-12-15-28(16-13-25)35(40)41)23-32(37(4,5)6)34(31)38-24-26-10-8-7-9-11-26/h7-23,33,38-39H,24H2,1-6H3,(H,40,41). The smallest absolute Gasteiger partial charge is 0.335 e. The Kier molecular flexibility index (Phi) is 8.84. The molecule has 0 amide bonds. The number of aliphatic hydroxyl groups is 1. The van der Waals surface area contributed by atoms with E-state index in [4.69, 9.17) is 0 Å². The number of anilines is 1. The molecular weight excluding hydrogens is 506 g/mol. The van der Waals surface area contributed by atoms with Gasteiger partial charge in [-0.25, -0.2) is 4.79 Å². The quantitative estimate of drug-likeness (QED) is 0.206. The molecule has 0 heterocycles. The van der Waals surface area contributed by atoms with Crippen molar-refractivity contribution >= 4 is 17.7 Å². The molecule has 0 fully saturated rings. The molecule has 4 aromatic rings. The lowest BCUT2D eigenvalue weighted by atomic mass is 9.81. The van der Waals surface area contributed by atoms with Gasteiger partial charge in [-0.3, -0.25) is 0 Å². The largest absolute Gasteiger partial charge is 0.478 e. The van der Waals surface area contributed by atoms with Crippen LogP contribution in [0.5, 0.6) is 0 Å². The van der Waals surface area contributed by atoms with Gasteiger partial charge in [0, 0.05) is 17.8 Å². The van der Waals surface area contributed by atoms with Gasteiger partial charge < -0.3 is 15.5 Å². The van der Waals surface area contributed by atoms with Gasteiger partial charge in [0.05, 0.1) is 11.7 Å². The molecule has 0 aliphatic rings. The van der Waals surface area contributed by atoms with Crippen LogP contribution in [0.3, 0.4) is 0 Å². The van der Waals surface area contributed by atoms with Crippen LogP contribution in [-0.2, 0) is 17.4 Å². The maximum Gasteiger partial charge on any atom is 0.335 e. The molecule has 212 valence electrons. The topological polar surface area (TPSA) is 69.6 Å². The van der Waals surface area contributed by atoms with Crippen molar-refractivity contribution in [3.05, 3.63) is 130 Å². The Morgan fingerprint density at radius 3 is 2.02 bits per heavy atom. The number of hydrogen-bond donors (Lipinski definition) is 3. The summed E-state index contributed by atoms with van der Waals surface area (Å²) in [6.45, 7) is 13.9. The van der Waals surface area contributed by atoms with Gasteiger partial charge in [0.2, 0.25) is 0 Å². The van der Waals surface area contributed by atoms with E-state index in [0.717, 1.165) is 33.5 Å². The molecule has 0 bridgehead atoms. The van der Waals surface area contributed by atoms with E-state index >= 15 is 0 Å². The van der Waals surface area contributed by atoms with Gasteiger partial charge in [0.25, 0.3) is 0 Å². The van der Waals surface area contributed by atoms with Crippen molar-refractivity contribution < 1.29 is 15.0 Å². The van der Waals surface area contributed by atoms with Crippen molar-refractivity contribution in [1.29, 1.82) is 0 Å². The zero-order valence-electron chi connectivity index (χ0n) is 24.9. The zero-order chi connectivity index (χ0) is 29.8. The fourth-order valence-electron chi connectivity index (χ4n) is 4.83. The Morgan fingerprint density at radius 1 is 0.829 bits per heavy atom. The Bertz CT molecular complexity index is 1500. The lowest BCUT2D eigenvalue weighted by Crippen LogP contribution is -2.17. The highest BCUT2D eigenvalue weighted by Gasteiger charge is 2.24. The SMILES string of the molecule is CC(C)(C)c1ccc(-c2cc(C(O)C=Cc3ccc(C(=O)O)cc3)cc(C(C)(C)C)c2NCc2ccccc2)cc1. The van der Waals surface area contributed by atoms with E-state index in [0.29, 0.717) is 6.54 Å². The second kappa shape index (κ2) is 12.2. The van der Waals surface area contributed by atoms with E-state index in [1.54, 1.807) is 30.3 Å². The average Bonchev–Trinajstić information content (AvgIpc) is 2.94. The fraction of sp³-hybridized carbons (Fsp3) is 0.270. The number of aliphatic hydroxyl groups excluding tert-OH is 1. The van der Waals surface area contributed by atoms with Crippen LogP contribution in [0.15, 0.2) is 97.1 Å². The van der Waals surface area contributed by atoms with Crippen LogP contribution in [-0.4, -0.2) is 16.2 Å². The molecule has 0 aromatic heterocycles. The highest BCUT2D eigenvalue weighted by molar-refractivity contribution is 5.87. The van der Waals surface area contributed by atoms with Crippen LogP contribution in [0, 0.1) is 0 Å². The summed E-state index contributed by atoms with van der Waals surface area (Å²) < 4.78 is 0. The van der Waals surface area contributed by atoms with Gasteiger partial charge in [-0.2, -0.15) is 0 Å². The van der Waals surface area contributed by atoms with Gasteiger partial charge in [-0.15, -0.1) is 0 Å². The summed E-state index contributed by atoms with van der Waals surface area (Å²) in [7, 11) is 0. The normalized spacial score (nSPS) is 12.9. The minimum Gasteiger partial charge on any atom is -0.478 e. The number of rotatable bonds is 8. The van der Waals surface area contributed by atoms with Gasteiger partial charge >= 0.3 is 5.97 Å². The first-order valence-electron chi connectivity index (χ1n) is 14.1. The Labute approximate surface area is 244 Å². The molecule has 0 spiro atoms. The summed E-state index contributed by atoms with van der Waals surface area (Å²) in [5, 5.41) is 24.2. The molecule has 4 heteroatoms. The van der Waals surface area contributed by atoms with Crippen molar-refractivity contribution in [1.82, 2.24) is 0 Å². The van der Waals surface area contributed by atoms with E-state index in [1.807, 2.05) is 12.1 Å². The van der Waals surface area contributed by atoms with Crippen molar-refractivity contribution in [2.24, 2.45) is 0 Å². The summed E-state index contributed by atoms with van der Waals surface area (Å²) in [4.78, 5) is 11.2. The third-order valence-corrected chi connectivity index (χ3v) is 7.31. The van der Waals surface area contributed by atoms with Gasteiger partial charge in [0.1, 0.15) is 0 Å². The number of carboxylic acids is 1. The van der Waals surface area contributed by atoms with E-state index in [-0.39, 0.29) is 16.4 Å². The van der Waals surface area contributed by atoms with Gasteiger partial charge in [0.15, 0.2) is 0 Å². The van der Waals surface area contributed by atoms with E-state index in [9.17, 15) is 15.0 Å². The molecule has 3 N–H and O–H groups in total. The predicted octanol–water partition coefficient (Wildman–Crippen LogP) is 9.01. The van der Waals surface area contributed by atoms with Crippen LogP contribution in [0.4, 0.5) is 5.69 Å². The number of carboxylic acid groups (broad SMARTS) is 1. The number of aromatic carboxylic acids is 1. The molecule has 1 atom stereocenters. The monoisotopic (exact) mass is 547 g/mol. The Hall–Kier alpha value is -4.15. The van der Waals surface area contributed by atoms with Crippen LogP contribution in [0.2, 0.25) is 0 Å². The highest BCUT2D eigenvalue weighted by Crippen LogP contribution is 2.41. The first kappa shape index (κ1) is 29.8. The number of nitrogens with one attached hydrogen (secondary N) is 1. The summed E-state index contributed by atoms with van der Waals surface area (Å²) in [6, 6.07) is 29.9. The molecule has 1 unspecified atom stereocenters. The minimum absolute atomic E-state index is 0.0506. The van der Waals surface area contributed by atoms with E-state index in [1.165, 1.54) is 11.1 Å². The molecule has 0 aliphatic carbocycles. The molecular formula is C37H41NO3. The summed E-state index contributed by atoms with van der Waals surface area (Å²) in [5.41, 5.74) is 8.50. The molecule has 41 heavy (non-hydrogen) atoms. The van der Waals surface area contributed by atoms with Crippen LogP contribution in [0.1, 0.15) is 85.8 Å². The van der Waals surface area contributed by atoms with Gasteiger partial charge in [-0.05, 0) is 62.4 Å². The summed E-state index contributed by atoms with van der Waals surface area (Å²) >= 11 is 0. The first-order valence-corrected chi connectivity index (χ1v) is 14.1. The van der Waals surface area contributed by atoms with Crippen molar-refractivity contribution in [2.75, 3.05) is 5.32 Å². The first-order chi connectivity index (χ1) is 19.3. The van der Waals surface area contributed by atoms with Crippen molar-refractivity contribution in [3.63, 3.8) is 0 Å². The molecule has 0 aliphatic heterocycles.